The molecule has 0 fully saturated rings. The van der Waals surface area contributed by atoms with Crippen molar-refractivity contribution in [3.05, 3.63) is 29.8 Å². The smallest absolute Gasteiger partial charge is 0.428 e. The first kappa shape index (κ1) is 17.0. The molecular weight excluding hydrogens is 268 g/mol. The molecule has 0 aromatic heterocycles. The normalized spacial score (nSPS) is 12.0. The third-order valence-corrected chi connectivity index (χ3v) is 2.67. The lowest BCUT2D eigenvalue weighted by molar-refractivity contribution is 0.0529. The Kier molecular flexibility index (Phi) is 6.21. The van der Waals surface area contributed by atoms with E-state index in [9.17, 15) is 4.79 Å². The number of methoxy groups -OCH3 is 1. The van der Waals surface area contributed by atoms with E-state index in [1.807, 2.05) is 52.0 Å². The predicted octanol–water partition coefficient (Wildman–Crippen LogP) is 3.53. The van der Waals surface area contributed by atoms with E-state index in [0.29, 0.717) is 0 Å². The van der Waals surface area contributed by atoms with Gasteiger partial charge in [0.1, 0.15) is 11.4 Å². The Morgan fingerprint density at radius 3 is 2.38 bits per heavy atom. The molecule has 1 amide bonds. The number of amides is 1. The van der Waals surface area contributed by atoms with Crippen LogP contribution < -0.4 is 10.2 Å². The Labute approximate surface area is 126 Å². The molecule has 0 atom stereocenters. The highest BCUT2D eigenvalue weighted by molar-refractivity contribution is 5.83. The Morgan fingerprint density at radius 1 is 1.24 bits per heavy atom. The number of carbonyl (C=O) groups excluding carboxylic acids is 1. The Hall–Kier alpha value is -2.04. The van der Waals surface area contributed by atoms with E-state index in [1.54, 1.807) is 7.11 Å². The van der Waals surface area contributed by atoms with Gasteiger partial charge in [-0.3, -0.25) is 0 Å². The molecule has 116 valence electrons. The van der Waals surface area contributed by atoms with Crippen LogP contribution in [-0.2, 0) is 11.2 Å². The summed E-state index contributed by atoms with van der Waals surface area (Å²) in [4.78, 5) is 11.5. The molecule has 21 heavy (non-hydrogen) atoms. The van der Waals surface area contributed by atoms with E-state index in [2.05, 4.69) is 10.5 Å². The van der Waals surface area contributed by atoms with Gasteiger partial charge in [-0.1, -0.05) is 12.1 Å². The van der Waals surface area contributed by atoms with Crippen LogP contribution in [0.25, 0.3) is 0 Å². The molecule has 0 saturated carbocycles. The molecule has 1 N–H and O–H groups in total. The number of nitrogens with zero attached hydrogens (tertiary/aromatic N) is 1. The van der Waals surface area contributed by atoms with E-state index in [0.717, 1.165) is 24.3 Å². The average Bonchev–Trinajstić information content (AvgIpc) is 2.41. The van der Waals surface area contributed by atoms with E-state index in [-0.39, 0.29) is 0 Å². The van der Waals surface area contributed by atoms with E-state index >= 15 is 0 Å². The van der Waals surface area contributed by atoms with Crippen molar-refractivity contribution >= 4 is 11.8 Å². The van der Waals surface area contributed by atoms with Crippen LogP contribution in [0.15, 0.2) is 29.4 Å². The van der Waals surface area contributed by atoms with Crippen LogP contribution in [0.2, 0.25) is 0 Å². The highest BCUT2D eigenvalue weighted by atomic mass is 16.6. The van der Waals surface area contributed by atoms with E-state index in [1.165, 1.54) is 5.56 Å². The molecule has 0 spiro atoms. The van der Waals surface area contributed by atoms with Crippen LogP contribution in [0, 0.1) is 0 Å². The number of benzene rings is 1. The first-order valence-corrected chi connectivity index (χ1v) is 6.95. The highest BCUT2D eigenvalue weighted by Gasteiger charge is 2.15. The van der Waals surface area contributed by atoms with Crippen LogP contribution in [-0.4, -0.2) is 24.5 Å². The highest BCUT2D eigenvalue weighted by Crippen LogP contribution is 2.12. The van der Waals surface area contributed by atoms with Crippen molar-refractivity contribution in [2.75, 3.05) is 7.11 Å². The number of rotatable bonds is 5. The molecule has 0 radical (unpaired) electrons. The fourth-order valence-electron chi connectivity index (χ4n) is 1.62. The molecule has 0 aliphatic rings. The van der Waals surface area contributed by atoms with Gasteiger partial charge in [0.15, 0.2) is 0 Å². The fourth-order valence-corrected chi connectivity index (χ4v) is 1.62. The lowest BCUT2D eigenvalue weighted by Crippen LogP contribution is -2.30. The van der Waals surface area contributed by atoms with Crippen LogP contribution in [0.3, 0.4) is 0 Å². The van der Waals surface area contributed by atoms with Crippen molar-refractivity contribution in [3.63, 3.8) is 0 Å². The molecule has 0 aliphatic carbocycles. The topological polar surface area (TPSA) is 59.9 Å². The first-order valence-electron chi connectivity index (χ1n) is 6.95. The van der Waals surface area contributed by atoms with Gasteiger partial charge in [0.05, 0.1) is 7.11 Å². The molecule has 1 rings (SSSR count). The van der Waals surface area contributed by atoms with Gasteiger partial charge < -0.3 is 9.47 Å². The molecule has 0 unspecified atom stereocenters. The van der Waals surface area contributed by atoms with E-state index < -0.39 is 11.7 Å². The number of carbonyl (C=O) groups is 1. The summed E-state index contributed by atoms with van der Waals surface area (Å²) in [6.07, 6.45) is 1.09. The number of hydrogen-bond donors (Lipinski definition) is 1. The van der Waals surface area contributed by atoms with Gasteiger partial charge >= 0.3 is 6.09 Å². The molecule has 0 heterocycles. The Bertz CT molecular complexity index is 487. The van der Waals surface area contributed by atoms with Crippen molar-refractivity contribution in [2.45, 2.75) is 46.1 Å². The lowest BCUT2D eigenvalue weighted by atomic mass is 10.1. The summed E-state index contributed by atoms with van der Waals surface area (Å²) >= 11 is 0. The van der Waals surface area contributed by atoms with Crippen molar-refractivity contribution in [2.24, 2.45) is 5.10 Å². The molecule has 5 heteroatoms. The Morgan fingerprint density at radius 2 is 1.86 bits per heavy atom. The molecular formula is C16H24N2O3. The minimum absolute atomic E-state index is 0.517. The van der Waals surface area contributed by atoms with E-state index in [4.69, 9.17) is 9.47 Å². The minimum Gasteiger partial charge on any atom is -0.497 e. The molecule has 1 aromatic carbocycles. The third kappa shape index (κ3) is 7.34. The van der Waals surface area contributed by atoms with Gasteiger partial charge in [0.2, 0.25) is 0 Å². The summed E-state index contributed by atoms with van der Waals surface area (Å²) in [6, 6.07) is 7.91. The molecule has 0 saturated heterocycles. The van der Waals surface area contributed by atoms with Gasteiger partial charge in [0.25, 0.3) is 0 Å². The average molecular weight is 292 g/mol. The number of ether oxygens (including phenoxy) is 2. The van der Waals surface area contributed by atoms with Gasteiger partial charge in [0, 0.05) is 5.71 Å². The quantitative estimate of drug-likeness (QED) is 0.667. The number of hydrogen-bond acceptors (Lipinski definition) is 4. The molecule has 5 nitrogen and oxygen atoms in total. The largest absolute Gasteiger partial charge is 0.497 e. The zero-order valence-corrected chi connectivity index (χ0v) is 13.4. The van der Waals surface area contributed by atoms with Crippen molar-refractivity contribution < 1.29 is 14.3 Å². The van der Waals surface area contributed by atoms with Crippen LogP contribution in [0.5, 0.6) is 5.75 Å². The summed E-state index contributed by atoms with van der Waals surface area (Å²) in [6.45, 7) is 7.31. The Balaban J connectivity index is 2.40. The zero-order valence-electron chi connectivity index (χ0n) is 13.4. The maximum atomic E-state index is 11.5. The third-order valence-electron chi connectivity index (χ3n) is 2.67. The summed E-state index contributed by atoms with van der Waals surface area (Å²) in [5.74, 6) is 0.843. The second kappa shape index (κ2) is 7.67. The summed E-state index contributed by atoms with van der Waals surface area (Å²) < 4.78 is 10.2. The van der Waals surface area contributed by atoms with Crippen LogP contribution in [0.1, 0.15) is 39.7 Å². The predicted molar refractivity (Wildman–Crippen MR) is 83.8 cm³/mol. The van der Waals surface area contributed by atoms with Crippen molar-refractivity contribution in [1.82, 2.24) is 5.43 Å². The number of nitrogens with one attached hydrogen (secondary N) is 1. The monoisotopic (exact) mass is 292 g/mol. The SMILES string of the molecule is COc1ccc(CC/C(C)=N\NC(=O)OC(C)(C)C)cc1. The van der Waals surface area contributed by atoms with Gasteiger partial charge in [-0.2, -0.15) is 5.10 Å². The lowest BCUT2D eigenvalue weighted by Gasteiger charge is -2.18. The maximum Gasteiger partial charge on any atom is 0.428 e. The maximum absolute atomic E-state index is 11.5. The van der Waals surface area contributed by atoms with Gasteiger partial charge in [-0.05, 0) is 58.2 Å². The molecule has 0 bridgehead atoms. The standard InChI is InChI=1S/C16H24N2O3/c1-12(17-18-15(19)21-16(2,3)4)6-7-13-8-10-14(20-5)11-9-13/h8-11H,6-7H2,1-5H3,(H,18,19)/b17-12-. The van der Waals surface area contributed by atoms with Crippen LogP contribution in [0.4, 0.5) is 4.79 Å². The summed E-state index contributed by atoms with van der Waals surface area (Å²) in [5, 5.41) is 4.02. The summed E-state index contributed by atoms with van der Waals surface area (Å²) in [5.41, 5.74) is 3.92. The first-order chi connectivity index (χ1) is 9.80. The number of hydrazone groups is 1. The number of aryl methyl sites for hydroxylation is 1. The van der Waals surface area contributed by atoms with Gasteiger partial charge in [-0.15, -0.1) is 0 Å². The zero-order chi connectivity index (χ0) is 15.9. The van der Waals surface area contributed by atoms with Crippen molar-refractivity contribution in [1.29, 1.82) is 0 Å². The second-order valence-corrected chi connectivity index (χ2v) is 5.81. The van der Waals surface area contributed by atoms with Crippen LogP contribution >= 0.6 is 0 Å². The summed E-state index contributed by atoms with van der Waals surface area (Å²) in [7, 11) is 1.65. The van der Waals surface area contributed by atoms with Crippen molar-refractivity contribution in [3.8, 4) is 5.75 Å². The molecule has 0 aliphatic heterocycles. The molecule has 1 aromatic rings. The minimum atomic E-state index is -0.536. The fraction of sp³-hybridized carbons (Fsp3) is 0.500. The second-order valence-electron chi connectivity index (χ2n) is 5.81. The van der Waals surface area contributed by atoms with Gasteiger partial charge in [-0.25, -0.2) is 10.2 Å².